The van der Waals surface area contributed by atoms with E-state index in [0.29, 0.717) is 23.5 Å². The topological polar surface area (TPSA) is 92.3 Å². The van der Waals surface area contributed by atoms with Gasteiger partial charge in [0.15, 0.2) is 0 Å². The zero-order valence-electron chi connectivity index (χ0n) is 17.3. The van der Waals surface area contributed by atoms with Crippen LogP contribution in [0.4, 0.5) is 11.4 Å². The van der Waals surface area contributed by atoms with Crippen LogP contribution in [0.5, 0.6) is 0 Å². The minimum atomic E-state index is -3.18. The quantitative estimate of drug-likeness (QED) is 0.514. The van der Waals surface area contributed by atoms with Crippen LogP contribution in [0.15, 0.2) is 72.9 Å². The molecule has 0 spiro atoms. The highest BCUT2D eigenvalue weighted by atomic mass is 32.2. The predicted octanol–water partition coefficient (Wildman–Crippen LogP) is 4.01. The molecule has 1 aliphatic rings. The van der Waals surface area contributed by atoms with Gasteiger partial charge in [0.2, 0.25) is 10.0 Å². The van der Waals surface area contributed by atoms with Gasteiger partial charge in [-0.1, -0.05) is 6.07 Å². The standard InChI is InChI=1S/C24H20N4O3S/c1-16-4-7-18(15-20(16)21-10-11-22-23(27-21)3-2-12-25-22)26-24(29)17-5-8-19(9-6-17)28-13-14-32(28,30)31/h2-12,15H,13-14H2,1H3,(H,26,29). The first-order valence-corrected chi connectivity index (χ1v) is 11.8. The molecule has 4 aromatic rings. The molecular formula is C24H20N4O3S. The van der Waals surface area contributed by atoms with Crippen LogP contribution in [-0.4, -0.2) is 36.6 Å². The molecule has 0 bridgehead atoms. The molecule has 5 rings (SSSR count). The molecule has 2 aromatic heterocycles. The van der Waals surface area contributed by atoms with Gasteiger partial charge in [-0.15, -0.1) is 0 Å². The number of carbonyl (C=O) groups is 1. The molecule has 1 amide bonds. The second-order valence-corrected chi connectivity index (χ2v) is 9.67. The molecule has 0 radical (unpaired) electrons. The van der Waals surface area contributed by atoms with Gasteiger partial charge in [-0.2, -0.15) is 0 Å². The van der Waals surface area contributed by atoms with Gasteiger partial charge in [0.25, 0.3) is 5.91 Å². The van der Waals surface area contributed by atoms with E-state index >= 15 is 0 Å². The van der Waals surface area contributed by atoms with E-state index in [0.717, 1.165) is 27.9 Å². The van der Waals surface area contributed by atoms with Crippen molar-refractivity contribution in [2.45, 2.75) is 6.92 Å². The number of benzene rings is 2. The molecule has 0 atom stereocenters. The molecule has 0 unspecified atom stereocenters. The van der Waals surface area contributed by atoms with Gasteiger partial charge in [0.05, 0.1) is 28.2 Å². The maximum atomic E-state index is 12.7. The number of nitrogens with one attached hydrogen (secondary N) is 1. The molecule has 8 heteroatoms. The zero-order chi connectivity index (χ0) is 22.3. The molecular weight excluding hydrogens is 424 g/mol. The Kier molecular flexibility index (Phi) is 4.86. The average Bonchev–Trinajstić information content (AvgIpc) is 2.80. The molecule has 0 saturated carbocycles. The summed E-state index contributed by atoms with van der Waals surface area (Å²) in [5, 5.41) is 2.91. The monoisotopic (exact) mass is 444 g/mol. The van der Waals surface area contributed by atoms with Gasteiger partial charge < -0.3 is 5.32 Å². The van der Waals surface area contributed by atoms with Crippen LogP contribution < -0.4 is 9.62 Å². The second kappa shape index (κ2) is 7.72. The van der Waals surface area contributed by atoms with E-state index in [4.69, 9.17) is 4.98 Å². The van der Waals surface area contributed by atoms with E-state index in [2.05, 4.69) is 10.3 Å². The van der Waals surface area contributed by atoms with Crippen LogP contribution in [0.3, 0.4) is 0 Å². The number of nitrogens with zero attached hydrogens (tertiary/aromatic N) is 3. The Morgan fingerprint density at radius 2 is 1.81 bits per heavy atom. The Morgan fingerprint density at radius 3 is 2.53 bits per heavy atom. The van der Waals surface area contributed by atoms with Gasteiger partial charge in [-0.25, -0.2) is 13.4 Å². The van der Waals surface area contributed by atoms with E-state index in [9.17, 15) is 13.2 Å². The van der Waals surface area contributed by atoms with E-state index in [1.165, 1.54) is 4.31 Å². The summed E-state index contributed by atoms with van der Waals surface area (Å²) in [7, 11) is -3.18. The summed E-state index contributed by atoms with van der Waals surface area (Å²) in [4.78, 5) is 21.8. The number of sulfonamides is 1. The smallest absolute Gasteiger partial charge is 0.255 e. The number of pyridine rings is 2. The number of aromatic nitrogens is 2. The number of fused-ring (bicyclic) bond motifs is 1. The summed E-state index contributed by atoms with van der Waals surface area (Å²) in [5.41, 5.74) is 6.07. The molecule has 1 fully saturated rings. The normalized spacial score (nSPS) is 14.7. The second-order valence-electron chi connectivity index (χ2n) is 7.66. The highest BCUT2D eigenvalue weighted by Crippen LogP contribution is 2.28. The third kappa shape index (κ3) is 3.69. The lowest BCUT2D eigenvalue weighted by atomic mass is 10.0. The Balaban J connectivity index is 1.38. The minimum absolute atomic E-state index is 0.160. The molecule has 160 valence electrons. The first kappa shape index (κ1) is 20.1. The van der Waals surface area contributed by atoms with E-state index in [-0.39, 0.29) is 11.7 Å². The molecule has 0 aliphatic carbocycles. The summed E-state index contributed by atoms with van der Waals surface area (Å²) in [6, 6.07) is 19.9. The largest absolute Gasteiger partial charge is 0.322 e. The van der Waals surface area contributed by atoms with Crippen LogP contribution in [0.25, 0.3) is 22.3 Å². The molecule has 1 aliphatic heterocycles. The lowest BCUT2D eigenvalue weighted by Gasteiger charge is -2.32. The fraction of sp³-hybridized carbons (Fsp3) is 0.125. The summed E-state index contributed by atoms with van der Waals surface area (Å²) in [6.07, 6.45) is 1.74. The minimum Gasteiger partial charge on any atom is -0.322 e. The molecule has 1 saturated heterocycles. The molecule has 2 aromatic carbocycles. The zero-order valence-corrected chi connectivity index (χ0v) is 18.1. The van der Waals surface area contributed by atoms with E-state index in [1.807, 2.05) is 49.4 Å². The Hall–Kier alpha value is -3.78. The SMILES string of the molecule is Cc1ccc(NC(=O)c2ccc(N3CCS3(=O)=O)cc2)cc1-c1ccc2ncccc2n1. The van der Waals surface area contributed by atoms with Crippen molar-refractivity contribution >= 4 is 38.3 Å². The van der Waals surface area contributed by atoms with Crippen molar-refractivity contribution in [1.29, 1.82) is 0 Å². The Labute approximate surface area is 185 Å². The van der Waals surface area contributed by atoms with Crippen LogP contribution in [0.1, 0.15) is 15.9 Å². The van der Waals surface area contributed by atoms with Gasteiger partial charge in [0, 0.05) is 29.6 Å². The maximum absolute atomic E-state index is 12.7. The number of hydrogen-bond donors (Lipinski definition) is 1. The summed E-state index contributed by atoms with van der Waals surface area (Å²) < 4.78 is 24.9. The fourth-order valence-electron chi connectivity index (χ4n) is 3.69. The van der Waals surface area contributed by atoms with Crippen molar-refractivity contribution in [3.8, 4) is 11.3 Å². The van der Waals surface area contributed by atoms with Crippen molar-refractivity contribution in [1.82, 2.24) is 9.97 Å². The molecule has 1 N–H and O–H groups in total. The number of rotatable bonds is 4. The summed E-state index contributed by atoms with van der Waals surface area (Å²) >= 11 is 0. The van der Waals surface area contributed by atoms with Crippen molar-refractivity contribution in [3.05, 3.63) is 84.1 Å². The third-order valence-electron chi connectivity index (χ3n) is 5.53. The summed E-state index contributed by atoms with van der Waals surface area (Å²) in [5.74, 6) is -0.110. The molecule has 32 heavy (non-hydrogen) atoms. The highest BCUT2D eigenvalue weighted by molar-refractivity contribution is 7.94. The number of carbonyl (C=O) groups excluding carboxylic acids is 1. The van der Waals surface area contributed by atoms with Crippen LogP contribution >= 0.6 is 0 Å². The number of anilines is 2. The van der Waals surface area contributed by atoms with Crippen LogP contribution in [-0.2, 0) is 10.0 Å². The van der Waals surface area contributed by atoms with Crippen molar-refractivity contribution in [2.24, 2.45) is 0 Å². The first-order chi connectivity index (χ1) is 15.4. The average molecular weight is 445 g/mol. The van der Waals surface area contributed by atoms with Gasteiger partial charge in [-0.3, -0.25) is 14.1 Å². The van der Waals surface area contributed by atoms with E-state index in [1.54, 1.807) is 30.5 Å². The van der Waals surface area contributed by atoms with Crippen LogP contribution in [0.2, 0.25) is 0 Å². The number of aryl methyl sites for hydroxylation is 1. The first-order valence-electron chi connectivity index (χ1n) is 10.2. The maximum Gasteiger partial charge on any atom is 0.255 e. The van der Waals surface area contributed by atoms with Gasteiger partial charge in [-0.05, 0) is 73.2 Å². The lowest BCUT2D eigenvalue weighted by molar-refractivity contribution is 0.102. The van der Waals surface area contributed by atoms with Crippen LogP contribution in [0, 0.1) is 6.92 Å². The molecule has 7 nitrogen and oxygen atoms in total. The van der Waals surface area contributed by atoms with Crippen molar-refractivity contribution in [3.63, 3.8) is 0 Å². The Morgan fingerprint density at radius 1 is 1.00 bits per heavy atom. The lowest BCUT2D eigenvalue weighted by Crippen LogP contribution is -2.47. The third-order valence-corrected chi connectivity index (χ3v) is 7.30. The van der Waals surface area contributed by atoms with Gasteiger partial charge >= 0.3 is 0 Å². The van der Waals surface area contributed by atoms with Crippen molar-refractivity contribution in [2.75, 3.05) is 21.9 Å². The number of amides is 1. The van der Waals surface area contributed by atoms with Crippen molar-refractivity contribution < 1.29 is 13.2 Å². The predicted molar refractivity (Wildman–Crippen MR) is 125 cm³/mol. The number of hydrogen-bond acceptors (Lipinski definition) is 5. The highest BCUT2D eigenvalue weighted by Gasteiger charge is 2.32. The van der Waals surface area contributed by atoms with Gasteiger partial charge in [0.1, 0.15) is 0 Å². The fourth-order valence-corrected chi connectivity index (χ4v) is 4.79. The summed E-state index contributed by atoms with van der Waals surface area (Å²) in [6.45, 7) is 2.47. The Bertz CT molecular complexity index is 1450. The van der Waals surface area contributed by atoms with E-state index < -0.39 is 10.0 Å². The molecule has 3 heterocycles.